The number of carbonyl (C=O) groups excluding carboxylic acids is 1. The summed E-state index contributed by atoms with van der Waals surface area (Å²) in [5, 5.41) is 14.2. The van der Waals surface area contributed by atoms with Crippen molar-refractivity contribution in [2.75, 3.05) is 13.2 Å². The monoisotopic (exact) mass is 429 g/mol. The van der Waals surface area contributed by atoms with Crippen LogP contribution >= 0.6 is 11.8 Å². The van der Waals surface area contributed by atoms with Crippen LogP contribution in [-0.4, -0.2) is 24.3 Å². The van der Waals surface area contributed by atoms with Crippen LogP contribution in [0.5, 0.6) is 11.5 Å². The van der Waals surface area contributed by atoms with Gasteiger partial charge in [0.15, 0.2) is 23.3 Å². The third-order valence-corrected chi connectivity index (χ3v) is 5.41. The van der Waals surface area contributed by atoms with Gasteiger partial charge in [0.1, 0.15) is 6.07 Å². The molecule has 0 saturated carbocycles. The van der Waals surface area contributed by atoms with Gasteiger partial charge in [-0.1, -0.05) is 42.5 Å². The second-order valence-electron chi connectivity index (χ2n) is 6.57. The minimum Gasteiger partial charge on any atom is -0.490 e. The zero-order chi connectivity index (χ0) is 21.6. The number of benzene rings is 3. The standard InChI is InChI=1S/C24H19N3O3S/c1-2-29-21-14-16(10-11-20(21)30-13-12-25)15-22-23(28)27-24(31-22)26-19-9-5-7-17-6-3-4-8-18(17)19/h3-11,14-15H,2,13H2,1H3,(H,26,27,28)/b22-15+. The molecular weight excluding hydrogens is 410 g/mol. The Bertz CT molecular complexity index is 1240. The Balaban J connectivity index is 1.60. The Hall–Kier alpha value is -3.76. The number of nitriles is 1. The van der Waals surface area contributed by atoms with Crippen LogP contribution in [0.2, 0.25) is 0 Å². The summed E-state index contributed by atoms with van der Waals surface area (Å²) in [4.78, 5) is 17.7. The summed E-state index contributed by atoms with van der Waals surface area (Å²) in [6.45, 7) is 2.27. The van der Waals surface area contributed by atoms with E-state index in [0.29, 0.717) is 28.2 Å². The molecule has 1 amide bonds. The van der Waals surface area contributed by atoms with Gasteiger partial charge in [-0.3, -0.25) is 4.79 Å². The van der Waals surface area contributed by atoms with E-state index in [1.54, 1.807) is 18.2 Å². The number of rotatable bonds is 6. The molecule has 1 aliphatic rings. The molecule has 7 heteroatoms. The fourth-order valence-electron chi connectivity index (χ4n) is 3.16. The zero-order valence-electron chi connectivity index (χ0n) is 16.8. The van der Waals surface area contributed by atoms with Crippen LogP contribution in [0.1, 0.15) is 12.5 Å². The van der Waals surface area contributed by atoms with E-state index in [0.717, 1.165) is 22.0 Å². The highest BCUT2D eigenvalue weighted by molar-refractivity contribution is 8.18. The summed E-state index contributed by atoms with van der Waals surface area (Å²) < 4.78 is 11.0. The molecule has 1 aliphatic heterocycles. The fourth-order valence-corrected chi connectivity index (χ4v) is 3.99. The van der Waals surface area contributed by atoms with E-state index in [2.05, 4.69) is 10.3 Å². The minimum absolute atomic E-state index is 0.0627. The third-order valence-electron chi connectivity index (χ3n) is 4.50. The van der Waals surface area contributed by atoms with Crippen LogP contribution in [-0.2, 0) is 4.79 Å². The molecule has 1 saturated heterocycles. The van der Waals surface area contributed by atoms with Crippen LogP contribution in [0.15, 0.2) is 70.6 Å². The van der Waals surface area contributed by atoms with Gasteiger partial charge in [-0.15, -0.1) is 0 Å². The number of hydrogen-bond acceptors (Lipinski definition) is 6. The molecule has 1 N–H and O–H groups in total. The second kappa shape index (κ2) is 9.37. The Morgan fingerprint density at radius 2 is 1.94 bits per heavy atom. The van der Waals surface area contributed by atoms with Crippen LogP contribution in [0.25, 0.3) is 16.8 Å². The van der Waals surface area contributed by atoms with E-state index in [1.807, 2.05) is 61.5 Å². The van der Waals surface area contributed by atoms with Crippen molar-refractivity contribution in [1.82, 2.24) is 5.32 Å². The number of nitrogens with one attached hydrogen (secondary N) is 1. The van der Waals surface area contributed by atoms with Crippen LogP contribution in [0, 0.1) is 11.3 Å². The topological polar surface area (TPSA) is 83.7 Å². The number of ether oxygens (including phenoxy) is 2. The molecule has 0 aromatic heterocycles. The largest absolute Gasteiger partial charge is 0.490 e. The summed E-state index contributed by atoms with van der Waals surface area (Å²) in [6.07, 6.45) is 1.78. The van der Waals surface area contributed by atoms with Gasteiger partial charge in [0.25, 0.3) is 5.91 Å². The molecule has 6 nitrogen and oxygen atoms in total. The average molecular weight is 430 g/mol. The van der Waals surface area contributed by atoms with Crippen molar-refractivity contribution in [3.05, 3.63) is 71.1 Å². The van der Waals surface area contributed by atoms with E-state index < -0.39 is 0 Å². The fraction of sp³-hybridized carbons (Fsp3) is 0.125. The lowest BCUT2D eigenvalue weighted by Crippen LogP contribution is -2.19. The predicted molar refractivity (Wildman–Crippen MR) is 123 cm³/mol. The minimum atomic E-state index is -0.202. The summed E-state index contributed by atoms with van der Waals surface area (Å²) in [6, 6.07) is 21.2. The normalized spacial score (nSPS) is 15.8. The van der Waals surface area contributed by atoms with Crippen molar-refractivity contribution in [3.63, 3.8) is 0 Å². The lowest BCUT2D eigenvalue weighted by Gasteiger charge is -2.10. The smallest absolute Gasteiger partial charge is 0.264 e. The molecular formula is C24H19N3O3S. The first-order valence-corrected chi connectivity index (χ1v) is 10.5. The first-order valence-electron chi connectivity index (χ1n) is 9.72. The summed E-state index contributed by atoms with van der Waals surface area (Å²) in [5.74, 6) is 0.819. The Labute approximate surface area is 184 Å². The van der Waals surface area contributed by atoms with Crippen molar-refractivity contribution in [3.8, 4) is 17.6 Å². The second-order valence-corrected chi connectivity index (χ2v) is 7.60. The highest BCUT2D eigenvalue weighted by Gasteiger charge is 2.24. The molecule has 0 spiro atoms. The molecule has 0 aliphatic carbocycles. The van der Waals surface area contributed by atoms with E-state index in [4.69, 9.17) is 14.7 Å². The van der Waals surface area contributed by atoms with Crippen LogP contribution in [0.4, 0.5) is 5.69 Å². The summed E-state index contributed by atoms with van der Waals surface area (Å²) in [7, 11) is 0. The average Bonchev–Trinajstić information content (AvgIpc) is 3.12. The van der Waals surface area contributed by atoms with Gasteiger partial charge in [-0.25, -0.2) is 4.99 Å². The van der Waals surface area contributed by atoms with Gasteiger partial charge in [0, 0.05) is 5.39 Å². The molecule has 3 aromatic carbocycles. The number of nitrogens with zero attached hydrogens (tertiary/aromatic N) is 2. The van der Waals surface area contributed by atoms with Crippen molar-refractivity contribution in [2.24, 2.45) is 4.99 Å². The molecule has 0 bridgehead atoms. The molecule has 1 fully saturated rings. The number of hydrogen-bond donors (Lipinski definition) is 1. The molecule has 31 heavy (non-hydrogen) atoms. The highest BCUT2D eigenvalue weighted by Crippen LogP contribution is 2.33. The number of carbonyl (C=O) groups is 1. The molecule has 4 rings (SSSR count). The van der Waals surface area contributed by atoms with E-state index in [-0.39, 0.29) is 12.5 Å². The lowest BCUT2D eigenvalue weighted by molar-refractivity contribution is -0.115. The van der Waals surface area contributed by atoms with Gasteiger partial charge in [0.2, 0.25) is 0 Å². The van der Waals surface area contributed by atoms with E-state index in [9.17, 15) is 4.79 Å². The van der Waals surface area contributed by atoms with Gasteiger partial charge < -0.3 is 14.8 Å². The quantitative estimate of drug-likeness (QED) is 0.556. The summed E-state index contributed by atoms with van der Waals surface area (Å²) in [5.41, 5.74) is 1.59. The van der Waals surface area contributed by atoms with E-state index >= 15 is 0 Å². The first-order chi connectivity index (χ1) is 15.2. The maximum atomic E-state index is 12.5. The molecule has 154 valence electrons. The van der Waals surface area contributed by atoms with Crippen molar-refractivity contribution < 1.29 is 14.3 Å². The van der Waals surface area contributed by atoms with E-state index in [1.165, 1.54) is 11.8 Å². The van der Waals surface area contributed by atoms with Crippen molar-refractivity contribution >= 4 is 45.4 Å². The lowest BCUT2D eigenvalue weighted by atomic mass is 10.1. The Morgan fingerprint density at radius 1 is 1.10 bits per heavy atom. The number of aliphatic imine (C=N–C) groups is 1. The van der Waals surface area contributed by atoms with Gasteiger partial charge in [0.05, 0.1) is 17.2 Å². The molecule has 3 aromatic rings. The summed E-state index contributed by atoms with van der Waals surface area (Å²) >= 11 is 1.29. The third kappa shape index (κ3) is 4.71. The maximum absolute atomic E-state index is 12.5. The highest BCUT2D eigenvalue weighted by atomic mass is 32.2. The van der Waals surface area contributed by atoms with Crippen LogP contribution in [0.3, 0.4) is 0 Å². The maximum Gasteiger partial charge on any atom is 0.264 e. The molecule has 0 radical (unpaired) electrons. The number of fused-ring (bicyclic) bond motifs is 1. The Kier molecular flexibility index (Phi) is 6.20. The number of amidine groups is 1. The van der Waals surface area contributed by atoms with Gasteiger partial charge in [-0.2, -0.15) is 5.26 Å². The van der Waals surface area contributed by atoms with Crippen molar-refractivity contribution in [1.29, 1.82) is 5.26 Å². The van der Waals surface area contributed by atoms with Crippen LogP contribution < -0.4 is 14.8 Å². The molecule has 0 atom stereocenters. The SMILES string of the molecule is CCOc1cc(/C=C2/SC(=Nc3cccc4ccccc34)NC2=O)ccc1OCC#N. The molecule has 0 unspecified atom stereocenters. The first kappa shape index (κ1) is 20.5. The number of amides is 1. The van der Waals surface area contributed by atoms with Gasteiger partial charge in [-0.05, 0) is 53.9 Å². The van der Waals surface area contributed by atoms with Gasteiger partial charge >= 0.3 is 0 Å². The Morgan fingerprint density at radius 3 is 2.77 bits per heavy atom. The zero-order valence-corrected chi connectivity index (χ0v) is 17.6. The predicted octanol–water partition coefficient (Wildman–Crippen LogP) is 5.03. The number of thioether (sulfide) groups is 1. The van der Waals surface area contributed by atoms with Crippen molar-refractivity contribution in [2.45, 2.75) is 6.92 Å². The molecule has 1 heterocycles.